The summed E-state index contributed by atoms with van der Waals surface area (Å²) in [5.41, 5.74) is 1.40. The molecule has 0 bridgehead atoms. The second-order valence-electron chi connectivity index (χ2n) is 7.32. The molecule has 0 unspecified atom stereocenters. The largest absolute Gasteiger partial charge is 0.494 e. The van der Waals surface area contributed by atoms with Gasteiger partial charge in [0.1, 0.15) is 17.1 Å². The summed E-state index contributed by atoms with van der Waals surface area (Å²) >= 11 is 0. The van der Waals surface area contributed by atoms with Crippen LogP contribution >= 0.6 is 0 Å². The maximum absolute atomic E-state index is 13.5. The van der Waals surface area contributed by atoms with Crippen LogP contribution in [0.4, 0.5) is 36.3 Å². The molecule has 0 saturated heterocycles. The number of halogens is 3. The predicted molar refractivity (Wildman–Crippen MR) is 121 cm³/mol. The molecule has 170 valence electrons. The van der Waals surface area contributed by atoms with Gasteiger partial charge in [-0.05, 0) is 49.6 Å². The molecule has 0 aliphatic heterocycles. The van der Waals surface area contributed by atoms with E-state index in [1.54, 1.807) is 24.3 Å². The first-order valence-corrected chi connectivity index (χ1v) is 10.7. The normalized spacial score (nSPS) is 11.3. The van der Waals surface area contributed by atoms with E-state index in [4.69, 9.17) is 4.74 Å². The molecule has 1 aromatic heterocycles. The number of ether oxygens (including phenoxy) is 1. The highest BCUT2D eigenvalue weighted by Crippen LogP contribution is 2.35. The van der Waals surface area contributed by atoms with Crippen LogP contribution in [-0.4, -0.2) is 16.6 Å². The molecule has 2 N–H and O–H groups in total. The average molecular weight is 445 g/mol. The van der Waals surface area contributed by atoms with Crippen molar-refractivity contribution in [2.45, 2.75) is 45.7 Å². The van der Waals surface area contributed by atoms with E-state index in [1.807, 2.05) is 31.2 Å². The van der Waals surface area contributed by atoms with Crippen LogP contribution in [0.2, 0.25) is 0 Å². The summed E-state index contributed by atoms with van der Waals surface area (Å²) < 4.78 is 46.0. The van der Waals surface area contributed by atoms with E-state index < -0.39 is 11.7 Å². The molecule has 5 nitrogen and oxygen atoms in total. The Morgan fingerprint density at radius 3 is 2.41 bits per heavy atom. The van der Waals surface area contributed by atoms with Crippen LogP contribution in [0.3, 0.4) is 0 Å². The number of benzene rings is 2. The van der Waals surface area contributed by atoms with Crippen molar-refractivity contribution < 1.29 is 17.9 Å². The lowest BCUT2D eigenvalue weighted by Crippen LogP contribution is -2.12. The number of alkyl halides is 3. The van der Waals surface area contributed by atoms with Gasteiger partial charge in [0.05, 0.1) is 6.61 Å². The Balaban J connectivity index is 1.80. The number of unbranched alkanes of at least 4 members (excludes halogenated alkanes) is 2. The van der Waals surface area contributed by atoms with Crippen molar-refractivity contribution in [2.75, 3.05) is 17.2 Å². The van der Waals surface area contributed by atoms with Gasteiger partial charge in [-0.15, -0.1) is 0 Å². The van der Waals surface area contributed by atoms with E-state index in [1.165, 1.54) is 12.0 Å². The van der Waals surface area contributed by atoms with Crippen molar-refractivity contribution in [3.05, 3.63) is 65.9 Å². The van der Waals surface area contributed by atoms with Crippen LogP contribution in [0.25, 0.3) is 0 Å². The molecule has 1 heterocycles. The fourth-order valence-corrected chi connectivity index (χ4v) is 3.17. The molecule has 8 heteroatoms. The summed E-state index contributed by atoms with van der Waals surface area (Å²) in [4.78, 5) is 7.96. The van der Waals surface area contributed by atoms with Gasteiger partial charge in [-0.1, -0.05) is 38.0 Å². The van der Waals surface area contributed by atoms with Gasteiger partial charge in [-0.3, -0.25) is 0 Å². The van der Waals surface area contributed by atoms with E-state index in [9.17, 15) is 13.2 Å². The SMILES string of the molecule is CCCCCc1ccc(Nc2ncc(C(F)(F)F)c(Nc3cccc(OCC)c3)n2)cc1. The van der Waals surface area contributed by atoms with Crippen LogP contribution in [0.5, 0.6) is 5.75 Å². The molecule has 0 fully saturated rings. The molecule has 0 amide bonds. The number of anilines is 4. The van der Waals surface area contributed by atoms with Crippen molar-refractivity contribution >= 4 is 23.1 Å². The Bertz CT molecular complexity index is 1010. The third kappa shape index (κ3) is 6.60. The molecule has 3 aromatic rings. The minimum absolute atomic E-state index is 0.0696. The smallest absolute Gasteiger partial charge is 0.421 e. The summed E-state index contributed by atoms with van der Waals surface area (Å²) in [7, 11) is 0. The maximum atomic E-state index is 13.5. The molecule has 2 aromatic carbocycles. The van der Waals surface area contributed by atoms with Gasteiger partial charge in [0, 0.05) is 23.6 Å². The van der Waals surface area contributed by atoms with Crippen molar-refractivity contribution in [3.8, 4) is 5.75 Å². The Kier molecular flexibility index (Phi) is 7.92. The summed E-state index contributed by atoms with van der Waals surface area (Å²) in [6, 6.07) is 14.5. The number of nitrogens with one attached hydrogen (secondary N) is 2. The van der Waals surface area contributed by atoms with Gasteiger partial charge >= 0.3 is 6.18 Å². The molecule has 3 rings (SSSR count). The third-order valence-electron chi connectivity index (χ3n) is 4.78. The Morgan fingerprint density at radius 1 is 0.938 bits per heavy atom. The zero-order valence-electron chi connectivity index (χ0n) is 18.2. The van der Waals surface area contributed by atoms with Crippen molar-refractivity contribution in [3.63, 3.8) is 0 Å². The first kappa shape index (κ1) is 23.4. The minimum atomic E-state index is -4.60. The van der Waals surface area contributed by atoms with Crippen LogP contribution in [0.1, 0.15) is 44.2 Å². The summed E-state index contributed by atoms with van der Waals surface area (Å²) in [5, 5.41) is 5.73. The molecule has 0 aliphatic carbocycles. The number of hydrogen-bond acceptors (Lipinski definition) is 5. The highest BCUT2D eigenvalue weighted by atomic mass is 19.4. The van der Waals surface area contributed by atoms with Crippen LogP contribution in [-0.2, 0) is 12.6 Å². The number of nitrogens with zero attached hydrogens (tertiary/aromatic N) is 2. The van der Waals surface area contributed by atoms with E-state index >= 15 is 0 Å². The second kappa shape index (κ2) is 10.8. The molecule has 0 spiro atoms. The van der Waals surface area contributed by atoms with Gasteiger partial charge in [0.15, 0.2) is 0 Å². The molecular weight excluding hydrogens is 417 g/mol. The van der Waals surface area contributed by atoms with Gasteiger partial charge in [-0.2, -0.15) is 18.2 Å². The summed E-state index contributed by atoms with van der Waals surface area (Å²) in [6.07, 6.45) is 0.659. The number of rotatable bonds is 10. The number of aryl methyl sites for hydroxylation is 1. The third-order valence-corrected chi connectivity index (χ3v) is 4.78. The lowest BCUT2D eigenvalue weighted by Gasteiger charge is -2.15. The number of hydrogen-bond donors (Lipinski definition) is 2. The predicted octanol–water partition coefficient (Wildman–Crippen LogP) is 7.11. The van der Waals surface area contributed by atoms with E-state index in [0.29, 0.717) is 23.7 Å². The quantitative estimate of drug-likeness (QED) is 0.326. The van der Waals surface area contributed by atoms with E-state index in [2.05, 4.69) is 27.5 Å². The molecule has 0 aliphatic rings. The van der Waals surface area contributed by atoms with E-state index in [-0.39, 0.29) is 11.8 Å². The van der Waals surface area contributed by atoms with Gasteiger partial charge in [-0.25, -0.2) is 4.98 Å². The lowest BCUT2D eigenvalue weighted by molar-refractivity contribution is -0.137. The number of aromatic nitrogens is 2. The molecule has 0 atom stereocenters. The summed E-state index contributed by atoms with van der Waals surface area (Å²) in [6.45, 7) is 4.45. The fraction of sp³-hybridized carbons (Fsp3) is 0.333. The Labute approximate surface area is 186 Å². The zero-order valence-corrected chi connectivity index (χ0v) is 18.2. The second-order valence-corrected chi connectivity index (χ2v) is 7.32. The van der Waals surface area contributed by atoms with Crippen molar-refractivity contribution in [1.29, 1.82) is 0 Å². The minimum Gasteiger partial charge on any atom is -0.494 e. The van der Waals surface area contributed by atoms with Gasteiger partial charge in [0.25, 0.3) is 0 Å². The zero-order chi connectivity index (χ0) is 23.0. The molecule has 0 saturated carbocycles. The van der Waals surface area contributed by atoms with Crippen molar-refractivity contribution in [2.24, 2.45) is 0 Å². The van der Waals surface area contributed by atoms with Gasteiger partial charge in [0.2, 0.25) is 5.95 Å². The maximum Gasteiger partial charge on any atom is 0.421 e. The fourth-order valence-electron chi connectivity index (χ4n) is 3.17. The van der Waals surface area contributed by atoms with Crippen LogP contribution < -0.4 is 15.4 Å². The van der Waals surface area contributed by atoms with Crippen LogP contribution in [0, 0.1) is 0 Å². The van der Waals surface area contributed by atoms with Gasteiger partial charge < -0.3 is 15.4 Å². The Morgan fingerprint density at radius 2 is 1.72 bits per heavy atom. The Hall–Kier alpha value is -3.29. The van der Waals surface area contributed by atoms with E-state index in [0.717, 1.165) is 25.5 Å². The molecule has 32 heavy (non-hydrogen) atoms. The average Bonchev–Trinajstić information content (AvgIpc) is 2.75. The topological polar surface area (TPSA) is 59.1 Å². The standard InChI is InChI=1S/C24H27F3N4O/c1-3-5-6-8-17-11-13-18(14-12-17)30-23-28-16-21(24(25,26)27)22(31-23)29-19-9-7-10-20(15-19)32-4-2/h7,9-16H,3-6,8H2,1-2H3,(H2,28,29,30,31). The monoisotopic (exact) mass is 444 g/mol. The first-order valence-electron chi connectivity index (χ1n) is 10.7. The lowest BCUT2D eigenvalue weighted by atomic mass is 10.1. The molecular formula is C24H27F3N4O. The highest BCUT2D eigenvalue weighted by Gasteiger charge is 2.35. The van der Waals surface area contributed by atoms with Crippen molar-refractivity contribution in [1.82, 2.24) is 9.97 Å². The molecule has 0 radical (unpaired) electrons. The summed E-state index contributed by atoms with van der Waals surface area (Å²) in [5.74, 6) is 0.289. The highest BCUT2D eigenvalue weighted by molar-refractivity contribution is 5.64. The first-order chi connectivity index (χ1) is 15.4. The van der Waals surface area contributed by atoms with Crippen LogP contribution in [0.15, 0.2) is 54.7 Å².